The van der Waals surface area contributed by atoms with Crippen molar-refractivity contribution >= 4 is 26.4 Å². The molecular formula is C20H18N4O2S. The van der Waals surface area contributed by atoms with E-state index in [0.717, 1.165) is 10.9 Å². The molecule has 7 heteroatoms. The van der Waals surface area contributed by atoms with E-state index < -0.39 is 9.84 Å². The number of hydrogen-bond donors (Lipinski definition) is 0. The fourth-order valence-corrected chi connectivity index (χ4v) is 3.74. The van der Waals surface area contributed by atoms with Crippen LogP contribution in [0.5, 0.6) is 0 Å². The van der Waals surface area contributed by atoms with Gasteiger partial charge in [0.05, 0.1) is 10.4 Å². The van der Waals surface area contributed by atoms with Gasteiger partial charge in [0.1, 0.15) is 0 Å². The molecule has 0 unspecified atom stereocenters. The third-order valence-corrected chi connectivity index (χ3v) is 5.41. The fraction of sp³-hybridized carbons (Fsp3) is 0.0500. The Morgan fingerprint density at radius 1 is 1.04 bits per heavy atom. The number of sulfone groups is 1. The monoisotopic (exact) mass is 378 g/mol. The minimum atomic E-state index is -3.75. The van der Waals surface area contributed by atoms with Gasteiger partial charge in [-0.25, -0.2) is 13.4 Å². The summed E-state index contributed by atoms with van der Waals surface area (Å²) in [6.07, 6.45) is 7.20. The summed E-state index contributed by atoms with van der Waals surface area (Å²) in [7, 11) is -3.75. The van der Waals surface area contributed by atoms with Crippen molar-refractivity contribution in [2.24, 2.45) is 0 Å². The van der Waals surface area contributed by atoms with E-state index in [9.17, 15) is 8.42 Å². The predicted octanol–water partition coefficient (Wildman–Crippen LogP) is 3.86. The largest absolute Gasteiger partial charge is 0.234 e. The van der Waals surface area contributed by atoms with Gasteiger partial charge in [0.15, 0.2) is 5.65 Å². The van der Waals surface area contributed by atoms with Crippen LogP contribution >= 0.6 is 0 Å². The minimum absolute atomic E-state index is 0.135. The molecule has 4 aromatic rings. The third kappa shape index (κ3) is 3.63. The van der Waals surface area contributed by atoms with Gasteiger partial charge in [-0.2, -0.15) is 4.52 Å². The quantitative estimate of drug-likeness (QED) is 0.506. The van der Waals surface area contributed by atoms with E-state index >= 15 is 0 Å². The highest BCUT2D eigenvalue weighted by Crippen LogP contribution is 2.23. The zero-order valence-electron chi connectivity index (χ0n) is 14.7. The van der Waals surface area contributed by atoms with E-state index in [2.05, 4.69) is 21.9 Å². The van der Waals surface area contributed by atoms with Crippen LogP contribution in [0.15, 0.2) is 95.5 Å². The number of allylic oxidation sites excluding steroid dienone is 3. The molecule has 2 heterocycles. The maximum Gasteiger partial charge on any atom is 0.229 e. The lowest BCUT2D eigenvalue weighted by Crippen LogP contribution is -2.04. The molecule has 4 rings (SSSR count). The molecule has 0 fully saturated rings. The molecule has 0 aliphatic heterocycles. The van der Waals surface area contributed by atoms with E-state index in [0.29, 0.717) is 0 Å². The van der Waals surface area contributed by atoms with Gasteiger partial charge in [-0.3, -0.25) is 0 Å². The maximum atomic E-state index is 12.7. The zero-order chi connectivity index (χ0) is 19.3. The van der Waals surface area contributed by atoms with Gasteiger partial charge < -0.3 is 0 Å². The molecule has 0 bridgehead atoms. The fourth-order valence-electron chi connectivity index (χ4n) is 2.48. The summed E-state index contributed by atoms with van der Waals surface area (Å²) in [4.78, 5) is 4.39. The number of nitrogens with zero attached hydrogens (tertiary/aromatic N) is 4. The predicted molar refractivity (Wildman–Crippen MR) is 105 cm³/mol. The van der Waals surface area contributed by atoms with Crippen LogP contribution < -0.4 is 0 Å². The molecule has 0 radical (unpaired) electrons. The van der Waals surface area contributed by atoms with Crippen LogP contribution in [0.2, 0.25) is 0 Å². The van der Waals surface area contributed by atoms with Crippen LogP contribution in [0, 0.1) is 0 Å². The number of benzene rings is 2. The van der Waals surface area contributed by atoms with Crippen molar-refractivity contribution in [3.8, 4) is 0 Å². The van der Waals surface area contributed by atoms with Gasteiger partial charge >= 0.3 is 0 Å². The Balaban J connectivity index is 0.000000376. The van der Waals surface area contributed by atoms with Gasteiger partial charge in [0.2, 0.25) is 14.9 Å². The van der Waals surface area contributed by atoms with E-state index in [1.807, 2.05) is 43.3 Å². The van der Waals surface area contributed by atoms with Crippen LogP contribution in [0.1, 0.15) is 6.92 Å². The van der Waals surface area contributed by atoms with Crippen molar-refractivity contribution in [1.82, 2.24) is 19.8 Å². The standard InChI is InChI=1S/C15H10N4O2S.C5H8/c20-22(21,12-7-2-1-3-8-12)15-14-16-10-11-6-4-5-9-13(11)19(14)18-17-15;1-3-5-4-2/h1-10H;3-5H,1H2,2H3/b;5-4-. The van der Waals surface area contributed by atoms with E-state index in [-0.39, 0.29) is 15.6 Å². The normalized spacial score (nSPS) is 11.4. The van der Waals surface area contributed by atoms with Crippen LogP contribution in [0.3, 0.4) is 0 Å². The molecule has 0 amide bonds. The second-order valence-electron chi connectivity index (χ2n) is 5.52. The van der Waals surface area contributed by atoms with Crippen molar-refractivity contribution in [1.29, 1.82) is 0 Å². The number of hydrogen-bond acceptors (Lipinski definition) is 5. The van der Waals surface area contributed by atoms with Crippen molar-refractivity contribution in [2.45, 2.75) is 16.8 Å². The summed E-state index contributed by atoms with van der Waals surface area (Å²) in [5.74, 6) is 0. The van der Waals surface area contributed by atoms with Crippen LogP contribution in [0.4, 0.5) is 0 Å². The topological polar surface area (TPSA) is 77.2 Å². The Morgan fingerprint density at radius 3 is 2.41 bits per heavy atom. The van der Waals surface area contributed by atoms with Gasteiger partial charge in [0.25, 0.3) is 0 Å². The number of fused-ring (bicyclic) bond motifs is 3. The first-order valence-corrected chi connectivity index (χ1v) is 9.71. The zero-order valence-corrected chi connectivity index (χ0v) is 15.5. The second-order valence-corrected chi connectivity index (χ2v) is 7.39. The molecule has 27 heavy (non-hydrogen) atoms. The molecule has 2 aromatic carbocycles. The Kier molecular flexibility index (Phi) is 5.42. The average Bonchev–Trinajstić information content (AvgIpc) is 3.15. The highest BCUT2D eigenvalue weighted by molar-refractivity contribution is 7.91. The molecule has 0 aliphatic rings. The number of para-hydroxylation sites is 1. The molecule has 2 aromatic heterocycles. The average molecular weight is 378 g/mol. The Morgan fingerprint density at radius 2 is 1.74 bits per heavy atom. The smallest absolute Gasteiger partial charge is 0.229 e. The van der Waals surface area contributed by atoms with Gasteiger partial charge in [0, 0.05) is 11.6 Å². The molecule has 0 atom stereocenters. The lowest BCUT2D eigenvalue weighted by atomic mass is 10.2. The van der Waals surface area contributed by atoms with Crippen LogP contribution in [0.25, 0.3) is 16.6 Å². The van der Waals surface area contributed by atoms with Gasteiger partial charge in [-0.1, -0.05) is 66.4 Å². The highest BCUT2D eigenvalue weighted by Gasteiger charge is 2.25. The summed E-state index contributed by atoms with van der Waals surface area (Å²) in [5.41, 5.74) is 0.983. The molecule has 0 aliphatic carbocycles. The summed E-state index contributed by atoms with van der Waals surface area (Å²) in [6, 6.07) is 15.6. The summed E-state index contributed by atoms with van der Waals surface area (Å²) < 4.78 is 26.8. The highest BCUT2D eigenvalue weighted by atomic mass is 32.2. The minimum Gasteiger partial charge on any atom is -0.234 e. The van der Waals surface area contributed by atoms with Crippen molar-refractivity contribution in [3.63, 3.8) is 0 Å². The SMILES string of the molecule is C=C/C=C\C.O=S(=O)(c1ccccc1)c1nnn2c1ncc1ccccc12. The Labute approximate surface area is 157 Å². The van der Waals surface area contributed by atoms with Crippen molar-refractivity contribution < 1.29 is 8.42 Å². The lowest BCUT2D eigenvalue weighted by Gasteiger charge is -2.02. The van der Waals surface area contributed by atoms with Crippen molar-refractivity contribution in [2.75, 3.05) is 0 Å². The first-order valence-electron chi connectivity index (χ1n) is 8.22. The Hall–Kier alpha value is -3.32. The third-order valence-electron chi connectivity index (χ3n) is 3.74. The molecule has 0 saturated carbocycles. The van der Waals surface area contributed by atoms with Crippen LogP contribution in [-0.2, 0) is 9.84 Å². The van der Waals surface area contributed by atoms with Gasteiger partial charge in [-0.05, 0) is 25.1 Å². The maximum absolute atomic E-state index is 12.7. The summed E-state index contributed by atoms with van der Waals surface area (Å²) in [6.45, 7) is 5.42. The molecular weight excluding hydrogens is 360 g/mol. The molecule has 0 N–H and O–H groups in total. The van der Waals surface area contributed by atoms with E-state index in [4.69, 9.17) is 0 Å². The first-order chi connectivity index (χ1) is 13.1. The number of rotatable bonds is 3. The second kappa shape index (κ2) is 7.92. The summed E-state index contributed by atoms with van der Waals surface area (Å²) >= 11 is 0. The van der Waals surface area contributed by atoms with Crippen LogP contribution in [-0.4, -0.2) is 28.2 Å². The Bertz CT molecular complexity index is 1210. The lowest BCUT2D eigenvalue weighted by molar-refractivity contribution is 0.592. The van der Waals surface area contributed by atoms with E-state index in [1.165, 1.54) is 16.6 Å². The first kappa shape index (κ1) is 18.5. The molecule has 0 spiro atoms. The number of aromatic nitrogens is 4. The molecule has 0 saturated heterocycles. The molecule has 136 valence electrons. The van der Waals surface area contributed by atoms with Gasteiger partial charge in [-0.15, -0.1) is 5.10 Å². The molecule has 6 nitrogen and oxygen atoms in total. The van der Waals surface area contributed by atoms with Crippen molar-refractivity contribution in [3.05, 3.63) is 85.6 Å². The van der Waals surface area contributed by atoms with E-state index in [1.54, 1.807) is 30.5 Å². The summed E-state index contributed by atoms with van der Waals surface area (Å²) in [5, 5.41) is 8.55.